The van der Waals surface area contributed by atoms with Crippen LogP contribution in [0.2, 0.25) is 0 Å². The standard InChI is InChI=1S/C9H16N2O4/c1-9(2)6-15-4-3-11(9)8(14)10-5-7(12)13/h3-6H2,1-2H3,(H,10,14)(H,12,13). The van der Waals surface area contributed by atoms with Crippen LogP contribution in [0.1, 0.15) is 13.8 Å². The van der Waals surface area contributed by atoms with Gasteiger partial charge in [-0.05, 0) is 13.8 Å². The SMILES string of the molecule is CC1(C)COCCN1C(=O)NCC(=O)O. The molecule has 0 aliphatic carbocycles. The second-order valence-corrected chi connectivity index (χ2v) is 4.07. The topological polar surface area (TPSA) is 78.9 Å². The molecule has 0 aromatic carbocycles. The summed E-state index contributed by atoms with van der Waals surface area (Å²) >= 11 is 0. The number of carbonyl (C=O) groups is 2. The summed E-state index contributed by atoms with van der Waals surface area (Å²) in [6, 6.07) is -0.356. The van der Waals surface area contributed by atoms with Crippen molar-refractivity contribution in [3.63, 3.8) is 0 Å². The third kappa shape index (κ3) is 3.09. The Bertz CT molecular complexity index is 265. The first-order valence-corrected chi connectivity index (χ1v) is 4.78. The van der Waals surface area contributed by atoms with Crippen molar-refractivity contribution < 1.29 is 19.4 Å². The van der Waals surface area contributed by atoms with E-state index < -0.39 is 5.97 Å². The zero-order valence-electron chi connectivity index (χ0n) is 8.95. The third-order valence-electron chi connectivity index (χ3n) is 2.28. The van der Waals surface area contributed by atoms with Gasteiger partial charge in [-0.15, -0.1) is 0 Å². The smallest absolute Gasteiger partial charge is 0.323 e. The van der Waals surface area contributed by atoms with Gasteiger partial charge in [-0.2, -0.15) is 0 Å². The maximum absolute atomic E-state index is 11.6. The molecular weight excluding hydrogens is 200 g/mol. The number of carboxylic acid groups (broad SMARTS) is 1. The molecule has 6 heteroatoms. The van der Waals surface area contributed by atoms with Crippen molar-refractivity contribution in [1.29, 1.82) is 0 Å². The molecule has 1 aliphatic rings. The normalized spacial score (nSPS) is 19.7. The molecule has 1 saturated heterocycles. The minimum absolute atomic E-state index is 0.355. The number of carboxylic acids is 1. The second-order valence-electron chi connectivity index (χ2n) is 4.07. The van der Waals surface area contributed by atoms with Crippen LogP contribution in [-0.2, 0) is 9.53 Å². The van der Waals surface area contributed by atoms with Crippen molar-refractivity contribution in [3.05, 3.63) is 0 Å². The molecule has 0 bridgehead atoms. The Balaban J connectivity index is 2.53. The number of carbonyl (C=O) groups excluding carboxylic acids is 1. The molecule has 0 aromatic rings. The quantitative estimate of drug-likeness (QED) is 0.675. The molecule has 1 rings (SSSR count). The van der Waals surface area contributed by atoms with Gasteiger partial charge in [0.25, 0.3) is 0 Å². The average Bonchev–Trinajstić information content (AvgIpc) is 2.13. The number of nitrogens with one attached hydrogen (secondary N) is 1. The summed E-state index contributed by atoms with van der Waals surface area (Å²) in [6.45, 7) is 4.85. The largest absolute Gasteiger partial charge is 0.480 e. The van der Waals surface area contributed by atoms with Crippen LogP contribution in [0.25, 0.3) is 0 Å². The molecule has 0 aromatic heterocycles. The highest BCUT2D eigenvalue weighted by Crippen LogP contribution is 2.18. The monoisotopic (exact) mass is 216 g/mol. The molecule has 15 heavy (non-hydrogen) atoms. The summed E-state index contributed by atoms with van der Waals surface area (Å²) in [5, 5.41) is 10.8. The molecular formula is C9H16N2O4. The Kier molecular flexibility index (Phi) is 3.52. The molecule has 0 radical (unpaired) electrons. The Labute approximate surface area is 88.2 Å². The fourth-order valence-electron chi connectivity index (χ4n) is 1.48. The van der Waals surface area contributed by atoms with Crippen molar-refractivity contribution in [2.75, 3.05) is 26.3 Å². The van der Waals surface area contributed by atoms with Gasteiger partial charge in [0, 0.05) is 6.54 Å². The van der Waals surface area contributed by atoms with Gasteiger partial charge < -0.3 is 20.1 Å². The number of rotatable bonds is 2. The van der Waals surface area contributed by atoms with Crippen molar-refractivity contribution in [2.45, 2.75) is 19.4 Å². The molecule has 1 aliphatic heterocycles. The predicted octanol–water partition coefficient (Wildman–Crippen LogP) is -0.109. The highest BCUT2D eigenvalue weighted by molar-refractivity contribution is 5.80. The summed E-state index contributed by atoms with van der Waals surface area (Å²) in [5.41, 5.74) is -0.388. The van der Waals surface area contributed by atoms with Crippen LogP contribution < -0.4 is 5.32 Å². The van der Waals surface area contributed by atoms with Gasteiger partial charge in [-0.1, -0.05) is 0 Å². The van der Waals surface area contributed by atoms with E-state index in [1.807, 2.05) is 13.8 Å². The van der Waals surface area contributed by atoms with Gasteiger partial charge in [-0.25, -0.2) is 4.79 Å². The number of morpholine rings is 1. The summed E-state index contributed by atoms with van der Waals surface area (Å²) in [4.78, 5) is 23.5. The number of amides is 2. The molecule has 2 amide bonds. The van der Waals surface area contributed by atoms with Gasteiger partial charge in [-0.3, -0.25) is 4.79 Å². The summed E-state index contributed by atoms with van der Waals surface area (Å²) in [5.74, 6) is -1.05. The number of urea groups is 1. The molecule has 86 valence electrons. The summed E-state index contributed by atoms with van der Waals surface area (Å²) < 4.78 is 5.25. The van der Waals surface area contributed by atoms with E-state index in [0.29, 0.717) is 19.8 Å². The lowest BCUT2D eigenvalue weighted by Crippen LogP contribution is -2.58. The van der Waals surface area contributed by atoms with Crippen molar-refractivity contribution >= 4 is 12.0 Å². The van der Waals surface area contributed by atoms with Crippen LogP contribution in [0.15, 0.2) is 0 Å². The summed E-state index contributed by atoms with van der Waals surface area (Å²) in [7, 11) is 0. The fraction of sp³-hybridized carbons (Fsp3) is 0.778. The molecule has 1 fully saturated rings. The average molecular weight is 216 g/mol. The number of hydrogen-bond acceptors (Lipinski definition) is 3. The summed E-state index contributed by atoms with van der Waals surface area (Å²) in [6.07, 6.45) is 0. The molecule has 0 atom stereocenters. The van der Waals surface area contributed by atoms with E-state index in [2.05, 4.69) is 5.32 Å². The highest BCUT2D eigenvalue weighted by Gasteiger charge is 2.34. The van der Waals surface area contributed by atoms with Crippen molar-refractivity contribution in [2.24, 2.45) is 0 Å². The molecule has 1 heterocycles. The van der Waals surface area contributed by atoms with E-state index >= 15 is 0 Å². The Morgan fingerprint density at radius 1 is 1.53 bits per heavy atom. The molecule has 0 saturated carbocycles. The fourth-order valence-corrected chi connectivity index (χ4v) is 1.48. The maximum Gasteiger partial charge on any atom is 0.323 e. The van der Waals surface area contributed by atoms with Crippen LogP contribution in [0.5, 0.6) is 0 Å². The van der Waals surface area contributed by atoms with Crippen LogP contribution in [0.4, 0.5) is 4.79 Å². The number of ether oxygens (including phenoxy) is 1. The molecule has 2 N–H and O–H groups in total. The van der Waals surface area contributed by atoms with Crippen molar-refractivity contribution in [1.82, 2.24) is 10.2 Å². The lowest BCUT2D eigenvalue weighted by Gasteiger charge is -2.41. The maximum atomic E-state index is 11.6. The lowest BCUT2D eigenvalue weighted by atomic mass is 10.0. The first kappa shape index (κ1) is 11.8. The van der Waals surface area contributed by atoms with Crippen LogP contribution in [0.3, 0.4) is 0 Å². The number of nitrogens with zero attached hydrogens (tertiary/aromatic N) is 1. The Morgan fingerprint density at radius 3 is 2.73 bits per heavy atom. The van der Waals surface area contributed by atoms with Gasteiger partial charge in [0.15, 0.2) is 0 Å². The number of aliphatic carboxylic acids is 1. The van der Waals surface area contributed by atoms with Gasteiger partial charge >= 0.3 is 12.0 Å². The minimum atomic E-state index is -1.05. The van der Waals surface area contributed by atoms with E-state index in [4.69, 9.17) is 9.84 Å². The molecule has 0 spiro atoms. The predicted molar refractivity (Wildman–Crippen MR) is 52.6 cm³/mol. The van der Waals surface area contributed by atoms with E-state index in [9.17, 15) is 9.59 Å². The van der Waals surface area contributed by atoms with E-state index in [1.165, 1.54) is 0 Å². The first-order chi connectivity index (χ1) is 6.93. The zero-order chi connectivity index (χ0) is 11.5. The molecule has 0 unspecified atom stereocenters. The second kappa shape index (κ2) is 4.48. The van der Waals surface area contributed by atoms with Gasteiger partial charge in [0.05, 0.1) is 18.8 Å². The Morgan fingerprint density at radius 2 is 2.20 bits per heavy atom. The minimum Gasteiger partial charge on any atom is -0.480 e. The first-order valence-electron chi connectivity index (χ1n) is 4.78. The van der Waals surface area contributed by atoms with Crippen LogP contribution in [-0.4, -0.2) is 53.8 Å². The Hall–Kier alpha value is -1.30. The highest BCUT2D eigenvalue weighted by atomic mass is 16.5. The van der Waals surface area contributed by atoms with E-state index in [0.717, 1.165) is 0 Å². The molecule has 6 nitrogen and oxygen atoms in total. The van der Waals surface area contributed by atoms with Gasteiger partial charge in [0.1, 0.15) is 6.54 Å². The van der Waals surface area contributed by atoms with E-state index in [-0.39, 0.29) is 18.1 Å². The van der Waals surface area contributed by atoms with Crippen LogP contribution >= 0.6 is 0 Å². The van der Waals surface area contributed by atoms with Crippen molar-refractivity contribution in [3.8, 4) is 0 Å². The zero-order valence-corrected chi connectivity index (χ0v) is 8.95. The number of hydrogen-bond donors (Lipinski definition) is 2. The van der Waals surface area contributed by atoms with Crippen LogP contribution in [0, 0.1) is 0 Å². The van der Waals surface area contributed by atoms with Gasteiger partial charge in [0.2, 0.25) is 0 Å². The van der Waals surface area contributed by atoms with E-state index in [1.54, 1.807) is 4.90 Å². The lowest BCUT2D eigenvalue weighted by molar-refractivity contribution is -0.135. The third-order valence-corrected chi connectivity index (χ3v) is 2.28.